The fourth-order valence-corrected chi connectivity index (χ4v) is 2.42. The number of fused-ring (bicyclic) bond motifs is 1. The second-order valence-corrected chi connectivity index (χ2v) is 5.27. The van der Waals surface area contributed by atoms with Crippen LogP contribution in [0, 0.1) is 5.82 Å². The molecule has 2 aromatic rings. The summed E-state index contributed by atoms with van der Waals surface area (Å²) in [6.45, 7) is 2.55. The third-order valence-electron chi connectivity index (χ3n) is 3.56. The summed E-state index contributed by atoms with van der Waals surface area (Å²) >= 11 is 0. The second-order valence-electron chi connectivity index (χ2n) is 5.27. The van der Waals surface area contributed by atoms with Crippen LogP contribution in [0.1, 0.15) is 43.0 Å². The number of ether oxygens (including phenoxy) is 1. The first-order valence-electron chi connectivity index (χ1n) is 7.55. The standard InChI is InChI=1S/C17H20FNO3/c1-2-3-4-5-8-22-17(21)11-19-10-13(12-20)15-9-14(18)6-7-16(15)19/h6-7,9-10,12H,2-5,8,11H2,1H3. The van der Waals surface area contributed by atoms with Gasteiger partial charge in [0, 0.05) is 22.7 Å². The number of rotatable bonds is 8. The van der Waals surface area contributed by atoms with Crippen LogP contribution in [-0.4, -0.2) is 23.4 Å². The highest BCUT2D eigenvalue weighted by Crippen LogP contribution is 2.21. The summed E-state index contributed by atoms with van der Waals surface area (Å²) in [5.74, 6) is -0.762. The predicted octanol–water partition coefficient (Wildman–Crippen LogP) is 3.72. The van der Waals surface area contributed by atoms with Crippen molar-refractivity contribution in [3.63, 3.8) is 0 Å². The molecule has 0 saturated heterocycles. The van der Waals surface area contributed by atoms with Crippen LogP contribution in [0.4, 0.5) is 4.39 Å². The number of unbranched alkanes of at least 4 members (excludes halogenated alkanes) is 3. The summed E-state index contributed by atoms with van der Waals surface area (Å²) in [4.78, 5) is 22.9. The average Bonchev–Trinajstić information content (AvgIpc) is 2.84. The van der Waals surface area contributed by atoms with Gasteiger partial charge in [0.15, 0.2) is 6.29 Å². The Hall–Kier alpha value is -2.17. The lowest BCUT2D eigenvalue weighted by atomic mass is 10.2. The van der Waals surface area contributed by atoms with Crippen molar-refractivity contribution in [2.24, 2.45) is 0 Å². The van der Waals surface area contributed by atoms with E-state index in [1.807, 2.05) is 0 Å². The molecule has 5 heteroatoms. The Morgan fingerprint density at radius 1 is 1.32 bits per heavy atom. The van der Waals surface area contributed by atoms with E-state index in [1.54, 1.807) is 16.8 Å². The molecule has 0 aliphatic rings. The van der Waals surface area contributed by atoms with Crippen molar-refractivity contribution in [3.05, 3.63) is 35.8 Å². The molecule has 0 fully saturated rings. The van der Waals surface area contributed by atoms with E-state index in [-0.39, 0.29) is 12.5 Å². The fraction of sp³-hybridized carbons (Fsp3) is 0.412. The van der Waals surface area contributed by atoms with E-state index >= 15 is 0 Å². The van der Waals surface area contributed by atoms with Gasteiger partial charge in [0.25, 0.3) is 0 Å². The van der Waals surface area contributed by atoms with Gasteiger partial charge in [-0.15, -0.1) is 0 Å². The molecule has 0 unspecified atom stereocenters. The van der Waals surface area contributed by atoms with Crippen molar-refractivity contribution < 1.29 is 18.7 Å². The lowest BCUT2D eigenvalue weighted by molar-refractivity contribution is -0.144. The van der Waals surface area contributed by atoms with Crippen molar-refractivity contribution in [2.45, 2.75) is 39.2 Å². The number of aldehydes is 1. The van der Waals surface area contributed by atoms with Crippen LogP contribution in [0.3, 0.4) is 0 Å². The molecule has 0 radical (unpaired) electrons. The van der Waals surface area contributed by atoms with Crippen LogP contribution in [0.2, 0.25) is 0 Å². The highest BCUT2D eigenvalue weighted by atomic mass is 19.1. The maximum atomic E-state index is 13.3. The summed E-state index contributed by atoms with van der Waals surface area (Å²) in [5, 5.41) is 0.505. The molecule has 22 heavy (non-hydrogen) atoms. The van der Waals surface area contributed by atoms with E-state index in [0.717, 1.165) is 25.7 Å². The molecular weight excluding hydrogens is 285 g/mol. The van der Waals surface area contributed by atoms with Crippen LogP contribution in [0.15, 0.2) is 24.4 Å². The van der Waals surface area contributed by atoms with Crippen molar-refractivity contribution in [3.8, 4) is 0 Å². The molecule has 0 amide bonds. The molecule has 0 atom stereocenters. The molecule has 4 nitrogen and oxygen atoms in total. The van der Waals surface area contributed by atoms with Gasteiger partial charge in [-0.25, -0.2) is 4.39 Å². The van der Waals surface area contributed by atoms with Gasteiger partial charge >= 0.3 is 5.97 Å². The highest BCUT2D eigenvalue weighted by molar-refractivity contribution is 5.98. The minimum atomic E-state index is -0.410. The first kappa shape index (κ1) is 16.2. The van der Waals surface area contributed by atoms with E-state index in [0.29, 0.717) is 29.4 Å². The first-order valence-corrected chi connectivity index (χ1v) is 7.55. The maximum Gasteiger partial charge on any atom is 0.325 e. The number of carbonyl (C=O) groups is 2. The molecule has 1 aromatic carbocycles. The number of hydrogen-bond donors (Lipinski definition) is 0. The fourth-order valence-electron chi connectivity index (χ4n) is 2.42. The van der Waals surface area contributed by atoms with Crippen molar-refractivity contribution in [1.82, 2.24) is 4.57 Å². The topological polar surface area (TPSA) is 48.3 Å². The average molecular weight is 305 g/mol. The molecule has 118 valence electrons. The van der Waals surface area contributed by atoms with Crippen LogP contribution in [-0.2, 0) is 16.1 Å². The molecule has 0 bridgehead atoms. The van der Waals surface area contributed by atoms with Crippen LogP contribution < -0.4 is 0 Å². The zero-order valence-electron chi connectivity index (χ0n) is 12.7. The van der Waals surface area contributed by atoms with E-state index in [4.69, 9.17) is 4.74 Å². The normalized spacial score (nSPS) is 10.8. The van der Waals surface area contributed by atoms with Gasteiger partial charge in [-0.1, -0.05) is 26.2 Å². The summed E-state index contributed by atoms with van der Waals surface area (Å²) in [7, 11) is 0. The maximum absolute atomic E-state index is 13.3. The summed E-state index contributed by atoms with van der Waals surface area (Å²) in [5.41, 5.74) is 1.01. The quantitative estimate of drug-likeness (QED) is 0.424. The molecular formula is C17H20FNO3. The summed E-state index contributed by atoms with van der Waals surface area (Å²) in [6, 6.07) is 4.17. The largest absolute Gasteiger partial charge is 0.464 e. The summed E-state index contributed by atoms with van der Waals surface area (Å²) < 4.78 is 20.1. The minimum absolute atomic E-state index is 0.0176. The minimum Gasteiger partial charge on any atom is -0.464 e. The van der Waals surface area contributed by atoms with Gasteiger partial charge < -0.3 is 9.30 Å². The molecule has 0 N–H and O–H groups in total. The Bertz CT molecular complexity index is 663. The van der Waals surface area contributed by atoms with E-state index in [2.05, 4.69) is 6.92 Å². The van der Waals surface area contributed by atoms with Crippen molar-refractivity contribution in [1.29, 1.82) is 0 Å². The number of esters is 1. The van der Waals surface area contributed by atoms with E-state index in [9.17, 15) is 14.0 Å². The zero-order chi connectivity index (χ0) is 15.9. The van der Waals surface area contributed by atoms with Gasteiger partial charge in [-0.05, 0) is 24.6 Å². The molecule has 0 spiro atoms. The van der Waals surface area contributed by atoms with Crippen LogP contribution in [0.5, 0.6) is 0 Å². The number of nitrogens with zero attached hydrogens (tertiary/aromatic N) is 1. The lowest BCUT2D eigenvalue weighted by Gasteiger charge is -2.06. The third kappa shape index (κ3) is 3.93. The number of halogens is 1. The summed E-state index contributed by atoms with van der Waals surface area (Å²) in [6.07, 6.45) is 6.38. The SMILES string of the molecule is CCCCCCOC(=O)Cn1cc(C=O)c2cc(F)ccc21. The Morgan fingerprint density at radius 2 is 2.14 bits per heavy atom. The van der Waals surface area contributed by atoms with Gasteiger partial charge in [0.2, 0.25) is 0 Å². The van der Waals surface area contributed by atoms with E-state index in [1.165, 1.54) is 12.1 Å². The predicted molar refractivity (Wildman–Crippen MR) is 82.4 cm³/mol. The number of hydrogen-bond acceptors (Lipinski definition) is 3. The number of carbonyl (C=O) groups excluding carboxylic acids is 2. The van der Waals surface area contributed by atoms with Gasteiger partial charge in [0.05, 0.1) is 6.61 Å². The van der Waals surface area contributed by atoms with E-state index < -0.39 is 5.82 Å². The Labute approximate surface area is 128 Å². The number of aromatic nitrogens is 1. The molecule has 0 aliphatic carbocycles. The Morgan fingerprint density at radius 3 is 2.86 bits per heavy atom. The molecule has 1 heterocycles. The Balaban J connectivity index is 2.02. The lowest BCUT2D eigenvalue weighted by Crippen LogP contribution is -2.13. The molecule has 0 aliphatic heterocycles. The molecule has 1 aromatic heterocycles. The monoisotopic (exact) mass is 305 g/mol. The third-order valence-corrected chi connectivity index (χ3v) is 3.56. The van der Waals surface area contributed by atoms with Gasteiger partial charge in [0.1, 0.15) is 12.4 Å². The molecule has 2 rings (SSSR count). The van der Waals surface area contributed by atoms with Gasteiger partial charge in [-0.3, -0.25) is 9.59 Å². The Kier molecular flexibility index (Phi) is 5.69. The van der Waals surface area contributed by atoms with Crippen LogP contribution >= 0.6 is 0 Å². The van der Waals surface area contributed by atoms with Crippen LogP contribution in [0.25, 0.3) is 10.9 Å². The second kappa shape index (κ2) is 7.73. The smallest absolute Gasteiger partial charge is 0.325 e. The molecule has 0 saturated carbocycles. The van der Waals surface area contributed by atoms with Gasteiger partial charge in [-0.2, -0.15) is 0 Å². The van der Waals surface area contributed by atoms with Crippen molar-refractivity contribution in [2.75, 3.05) is 6.61 Å². The number of benzene rings is 1. The highest BCUT2D eigenvalue weighted by Gasteiger charge is 2.12. The first-order chi connectivity index (χ1) is 10.7. The van der Waals surface area contributed by atoms with Crippen molar-refractivity contribution >= 4 is 23.2 Å². The zero-order valence-corrected chi connectivity index (χ0v) is 12.7.